The molecular formula is C23H36FIN6. The Morgan fingerprint density at radius 3 is 2.61 bits per heavy atom. The summed E-state index contributed by atoms with van der Waals surface area (Å²) < 4.78 is 14.9. The first-order valence-electron chi connectivity index (χ1n) is 11.2. The second-order valence-electron chi connectivity index (χ2n) is 7.80. The molecule has 1 aliphatic rings. The summed E-state index contributed by atoms with van der Waals surface area (Å²) in [5.74, 6) is 1.48. The Bertz CT molecular complexity index is 803. The highest BCUT2D eigenvalue weighted by Gasteiger charge is 2.25. The van der Waals surface area contributed by atoms with E-state index in [2.05, 4.69) is 41.0 Å². The lowest BCUT2D eigenvalue weighted by Gasteiger charge is -2.24. The third-order valence-electron chi connectivity index (χ3n) is 5.70. The number of nitrogens with zero attached hydrogens (tertiary/aromatic N) is 5. The number of benzene rings is 1. The van der Waals surface area contributed by atoms with Gasteiger partial charge in [-0.2, -0.15) is 5.10 Å². The van der Waals surface area contributed by atoms with Gasteiger partial charge in [-0.15, -0.1) is 24.0 Å². The molecule has 2 aromatic rings. The van der Waals surface area contributed by atoms with Crippen LogP contribution in [0.1, 0.15) is 32.9 Å². The predicted octanol–water partition coefficient (Wildman–Crippen LogP) is 3.80. The molecule has 1 aromatic heterocycles. The Balaban J connectivity index is 0.00000341. The summed E-state index contributed by atoms with van der Waals surface area (Å²) in [6, 6.07) is 8.37. The van der Waals surface area contributed by atoms with Gasteiger partial charge in [0.05, 0.1) is 11.4 Å². The second kappa shape index (κ2) is 13.0. The minimum atomic E-state index is -0.238. The van der Waals surface area contributed by atoms with Crippen LogP contribution < -0.4 is 5.32 Å². The van der Waals surface area contributed by atoms with Gasteiger partial charge in [0.25, 0.3) is 0 Å². The maximum atomic E-state index is 13.1. The van der Waals surface area contributed by atoms with Crippen LogP contribution in [0.5, 0.6) is 0 Å². The Labute approximate surface area is 202 Å². The van der Waals surface area contributed by atoms with E-state index in [1.54, 1.807) is 16.8 Å². The molecule has 1 atom stereocenters. The Kier molecular flexibility index (Phi) is 10.7. The molecule has 0 radical (unpaired) electrons. The molecule has 1 aliphatic heterocycles. The van der Waals surface area contributed by atoms with Gasteiger partial charge in [0.15, 0.2) is 5.96 Å². The third-order valence-corrected chi connectivity index (χ3v) is 5.70. The number of nitrogens with one attached hydrogen (secondary N) is 1. The van der Waals surface area contributed by atoms with Gasteiger partial charge in [-0.05, 0) is 62.7 Å². The van der Waals surface area contributed by atoms with E-state index < -0.39 is 0 Å². The molecule has 0 aliphatic carbocycles. The van der Waals surface area contributed by atoms with E-state index >= 15 is 0 Å². The SMILES string of the molecule is CCNC(=NCCc1ccn(-c2ccc(F)cc2)n1)N1CCC(CN(CC)CC)C1.I. The number of hydrogen-bond acceptors (Lipinski definition) is 3. The van der Waals surface area contributed by atoms with Crippen molar-refractivity contribution in [3.63, 3.8) is 0 Å². The molecule has 172 valence electrons. The molecule has 1 aromatic carbocycles. The molecule has 0 bridgehead atoms. The molecule has 8 heteroatoms. The largest absolute Gasteiger partial charge is 0.357 e. The zero-order valence-electron chi connectivity index (χ0n) is 18.9. The van der Waals surface area contributed by atoms with Gasteiger partial charge in [0, 0.05) is 45.3 Å². The second-order valence-corrected chi connectivity index (χ2v) is 7.80. The fourth-order valence-electron chi connectivity index (χ4n) is 3.96. The van der Waals surface area contributed by atoms with E-state index in [0.717, 1.165) is 56.5 Å². The van der Waals surface area contributed by atoms with Crippen molar-refractivity contribution in [2.24, 2.45) is 10.9 Å². The lowest BCUT2D eigenvalue weighted by molar-refractivity contribution is 0.255. The molecule has 0 spiro atoms. The first-order valence-corrected chi connectivity index (χ1v) is 11.2. The zero-order chi connectivity index (χ0) is 21.3. The Morgan fingerprint density at radius 2 is 1.94 bits per heavy atom. The average molecular weight is 542 g/mol. The van der Waals surface area contributed by atoms with Crippen LogP contribution in [-0.2, 0) is 6.42 Å². The van der Waals surface area contributed by atoms with E-state index in [9.17, 15) is 4.39 Å². The highest BCUT2D eigenvalue weighted by molar-refractivity contribution is 14.0. The summed E-state index contributed by atoms with van der Waals surface area (Å²) in [6.45, 7) is 13.7. The molecule has 0 saturated carbocycles. The van der Waals surface area contributed by atoms with E-state index in [1.807, 2.05) is 12.3 Å². The van der Waals surface area contributed by atoms with Crippen molar-refractivity contribution in [2.45, 2.75) is 33.6 Å². The molecular weight excluding hydrogens is 506 g/mol. The van der Waals surface area contributed by atoms with Gasteiger partial charge < -0.3 is 15.1 Å². The summed E-state index contributed by atoms with van der Waals surface area (Å²) in [4.78, 5) is 9.76. The normalized spacial score (nSPS) is 16.6. The molecule has 31 heavy (non-hydrogen) atoms. The molecule has 2 heterocycles. The molecule has 1 fully saturated rings. The van der Waals surface area contributed by atoms with E-state index in [1.165, 1.54) is 25.1 Å². The minimum Gasteiger partial charge on any atom is -0.357 e. The van der Waals surface area contributed by atoms with Crippen molar-refractivity contribution in [3.05, 3.63) is 48.0 Å². The van der Waals surface area contributed by atoms with Crippen LogP contribution in [0.3, 0.4) is 0 Å². The third kappa shape index (κ3) is 7.45. The van der Waals surface area contributed by atoms with Crippen LogP contribution in [0, 0.1) is 11.7 Å². The van der Waals surface area contributed by atoms with Crippen LogP contribution in [0.4, 0.5) is 4.39 Å². The molecule has 3 rings (SSSR count). The van der Waals surface area contributed by atoms with Crippen LogP contribution in [-0.4, -0.2) is 71.4 Å². The van der Waals surface area contributed by atoms with Crippen LogP contribution in [0.15, 0.2) is 41.5 Å². The van der Waals surface area contributed by atoms with Crippen LogP contribution >= 0.6 is 24.0 Å². The summed E-state index contributed by atoms with van der Waals surface area (Å²) in [7, 11) is 0. The standard InChI is InChI=1S/C23H35FN6.HI/c1-4-25-23(29-15-12-19(18-29)17-28(5-2)6-3)26-14-11-21-13-16-30(27-21)22-9-7-20(24)8-10-22;/h7-10,13,16,19H,4-6,11-12,14-15,17-18H2,1-3H3,(H,25,26);1H. The van der Waals surface area contributed by atoms with E-state index in [4.69, 9.17) is 4.99 Å². The maximum Gasteiger partial charge on any atom is 0.193 e. The quantitative estimate of drug-likeness (QED) is 0.298. The monoisotopic (exact) mass is 542 g/mol. The van der Waals surface area contributed by atoms with Crippen molar-refractivity contribution < 1.29 is 4.39 Å². The first kappa shape index (κ1) is 25.6. The van der Waals surface area contributed by atoms with Gasteiger partial charge in [-0.3, -0.25) is 4.99 Å². The summed E-state index contributed by atoms with van der Waals surface area (Å²) >= 11 is 0. The van der Waals surface area contributed by atoms with Crippen molar-refractivity contribution >= 4 is 29.9 Å². The molecule has 0 amide bonds. The van der Waals surface area contributed by atoms with Crippen molar-refractivity contribution in [3.8, 4) is 5.69 Å². The highest BCUT2D eigenvalue weighted by atomic mass is 127. The lowest BCUT2D eigenvalue weighted by Crippen LogP contribution is -2.41. The highest BCUT2D eigenvalue weighted by Crippen LogP contribution is 2.18. The number of halogens is 2. The fourth-order valence-corrected chi connectivity index (χ4v) is 3.96. The van der Waals surface area contributed by atoms with E-state index in [0.29, 0.717) is 12.5 Å². The number of aromatic nitrogens is 2. The Hall–Kier alpha value is -1.68. The smallest absolute Gasteiger partial charge is 0.193 e. The summed E-state index contributed by atoms with van der Waals surface area (Å²) in [5, 5.41) is 8.05. The summed E-state index contributed by atoms with van der Waals surface area (Å²) in [6.07, 6.45) is 3.92. The van der Waals surface area contributed by atoms with Crippen molar-refractivity contribution in [1.29, 1.82) is 0 Å². The molecule has 1 saturated heterocycles. The van der Waals surface area contributed by atoms with Gasteiger partial charge in [-0.25, -0.2) is 9.07 Å². The zero-order valence-corrected chi connectivity index (χ0v) is 21.3. The average Bonchev–Trinajstić information content (AvgIpc) is 3.42. The predicted molar refractivity (Wildman–Crippen MR) is 136 cm³/mol. The van der Waals surface area contributed by atoms with E-state index in [-0.39, 0.29) is 29.8 Å². The number of aliphatic imine (C=N–C) groups is 1. The number of likely N-dealkylation sites (tertiary alicyclic amines) is 1. The van der Waals surface area contributed by atoms with Crippen molar-refractivity contribution in [2.75, 3.05) is 45.8 Å². The Morgan fingerprint density at radius 1 is 1.19 bits per heavy atom. The van der Waals surface area contributed by atoms with Gasteiger partial charge in [-0.1, -0.05) is 13.8 Å². The minimum absolute atomic E-state index is 0. The van der Waals surface area contributed by atoms with Crippen LogP contribution in [0.2, 0.25) is 0 Å². The fraction of sp³-hybridized carbons (Fsp3) is 0.565. The number of guanidine groups is 1. The topological polar surface area (TPSA) is 48.7 Å². The van der Waals surface area contributed by atoms with Gasteiger partial charge in [0.1, 0.15) is 5.82 Å². The number of rotatable bonds is 9. The van der Waals surface area contributed by atoms with Gasteiger partial charge >= 0.3 is 0 Å². The molecule has 1 unspecified atom stereocenters. The molecule has 1 N–H and O–H groups in total. The summed E-state index contributed by atoms with van der Waals surface area (Å²) in [5.41, 5.74) is 1.84. The van der Waals surface area contributed by atoms with Crippen molar-refractivity contribution in [1.82, 2.24) is 24.9 Å². The number of hydrogen-bond donors (Lipinski definition) is 1. The first-order chi connectivity index (χ1) is 14.6. The maximum absolute atomic E-state index is 13.1. The van der Waals surface area contributed by atoms with Crippen LogP contribution in [0.25, 0.3) is 5.69 Å². The lowest BCUT2D eigenvalue weighted by atomic mass is 10.1. The molecule has 6 nitrogen and oxygen atoms in total. The van der Waals surface area contributed by atoms with Gasteiger partial charge in [0.2, 0.25) is 0 Å².